The van der Waals surface area contributed by atoms with Gasteiger partial charge in [-0.2, -0.15) is 4.98 Å². The van der Waals surface area contributed by atoms with E-state index in [1.807, 2.05) is 55.5 Å². The summed E-state index contributed by atoms with van der Waals surface area (Å²) in [5, 5.41) is 7.58. The highest BCUT2D eigenvalue weighted by Crippen LogP contribution is 2.27. The number of carbonyl (C=O) groups excluding carboxylic acids is 1. The van der Waals surface area contributed by atoms with Gasteiger partial charge in [0.1, 0.15) is 6.61 Å². The molecule has 1 amide bonds. The van der Waals surface area contributed by atoms with Gasteiger partial charge in [0, 0.05) is 24.3 Å². The number of amides is 1. The maximum absolute atomic E-state index is 12.4. The number of anilines is 1. The highest BCUT2D eigenvalue weighted by atomic mass is 16.5. The minimum Gasteiger partial charge on any atom is -0.460 e. The van der Waals surface area contributed by atoms with Crippen molar-refractivity contribution in [3.05, 3.63) is 54.1 Å². The van der Waals surface area contributed by atoms with Gasteiger partial charge in [-0.15, -0.1) is 5.10 Å². The molecule has 0 spiro atoms. The van der Waals surface area contributed by atoms with Crippen molar-refractivity contribution >= 4 is 11.6 Å². The summed E-state index contributed by atoms with van der Waals surface area (Å²) in [5.41, 5.74) is 3.74. The van der Waals surface area contributed by atoms with Gasteiger partial charge in [0.05, 0.1) is 12.3 Å². The number of carbonyl (C=O) groups is 1. The molecule has 1 heterocycles. The molecule has 0 radical (unpaired) electrons. The zero-order chi connectivity index (χ0) is 21.6. The van der Waals surface area contributed by atoms with Crippen LogP contribution in [0.15, 0.2) is 48.5 Å². The van der Waals surface area contributed by atoms with Crippen molar-refractivity contribution in [1.82, 2.24) is 14.8 Å². The van der Waals surface area contributed by atoms with Gasteiger partial charge in [-0.05, 0) is 44.0 Å². The first kappa shape index (κ1) is 21.1. The molecule has 1 aromatic heterocycles. The molecular weight excluding hydrogens is 392 g/mol. The van der Waals surface area contributed by atoms with Crippen LogP contribution in [0.1, 0.15) is 31.2 Å². The first-order valence-electron chi connectivity index (χ1n) is 10.7. The molecule has 1 aliphatic carbocycles. The minimum atomic E-state index is 0.111. The Balaban J connectivity index is 1.57. The molecular formula is C24H28N4O3. The Hall–Kier alpha value is -3.19. The summed E-state index contributed by atoms with van der Waals surface area (Å²) in [6.07, 6.45) is 4.24. The Morgan fingerprint density at radius 1 is 1.06 bits per heavy atom. The van der Waals surface area contributed by atoms with Gasteiger partial charge in [0.25, 0.3) is 0 Å². The number of rotatable bonds is 8. The summed E-state index contributed by atoms with van der Waals surface area (Å²) in [6.45, 7) is 2.89. The second kappa shape index (κ2) is 9.75. The highest BCUT2D eigenvalue weighted by molar-refractivity contribution is 5.92. The van der Waals surface area contributed by atoms with E-state index in [9.17, 15) is 4.79 Å². The lowest BCUT2D eigenvalue weighted by atomic mass is 10.1. The fraction of sp³-hybridized carbons (Fsp3) is 0.375. The van der Waals surface area contributed by atoms with Crippen LogP contribution in [0.5, 0.6) is 6.01 Å². The third-order valence-corrected chi connectivity index (χ3v) is 5.52. The van der Waals surface area contributed by atoms with Crippen LogP contribution in [0.25, 0.3) is 17.1 Å². The topological polar surface area (TPSA) is 78.3 Å². The second-order valence-corrected chi connectivity index (χ2v) is 7.85. The molecule has 31 heavy (non-hydrogen) atoms. The molecule has 4 rings (SSSR count). The van der Waals surface area contributed by atoms with Gasteiger partial charge in [-0.25, -0.2) is 4.68 Å². The van der Waals surface area contributed by atoms with Crippen LogP contribution in [0.4, 0.5) is 5.69 Å². The molecule has 0 unspecified atom stereocenters. The minimum absolute atomic E-state index is 0.111. The fourth-order valence-electron chi connectivity index (χ4n) is 3.76. The lowest BCUT2D eigenvalue weighted by molar-refractivity contribution is -0.119. The Bertz CT molecular complexity index is 1010. The second-order valence-electron chi connectivity index (χ2n) is 7.85. The first-order chi connectivity index (χ1) is 15.1. The van der Waals surface area contributed by atoms with Crippen molar-refractivity contribution in [2.24, 2.45) is 5.92 Å². The predicted molar refractivity (Wildman–Crippen MR) is 119 cm³/mol. The van der Waals surface area contributed by atoms with Gasteiger partial charge < -0.3 is 14.8 Å². The maximum Gasteiger partial charge on any atom is 0.336 e. The molecule has 1 aliphatic rings. The summed E-state index contributed by atoms with van der Waals surface area (Å²) < 4.78 is 12.4. The molecule has 0 saturated heterocycles. The normalized spacial score (nSPS) is 14.0. The number of nitrogens with zero attached hydrogens (tertiary/aromatic N) is 3. The molecule has 7 heteroatoms. The van der Waals surface area contributed by atoms with Crippen molar-refractivity contribution in [2.75, 3.05) is 25.6 Å². The average molecular weight is 421 g/mol. The molecule has 162 valence electrons. The molecule has 3 aromatic rings. The molecule has 0 bridgehead atoms. The number of ether oxygens (including phenoxy) is 2. The number of nitrogens with one attached hydrogen (secondary N) is 1. The van der Waals surface area contributed by atoms with E-state index < -0.39 is 0 Å². The van der Waals surface area contributed by atoms with Gasteiger partial charge in [0.15, 0.2) is 5.82 Å². The first-order valence-corrected chi connectivity index (χ1v) is 10.7. The third-order valence-electron chi connectivity index (χ3n) is 5.52. The van der Waals surface area contributed by atoms with E-state index in [4.69, 9.17) is 9.47 Å². The summed E-state index contributed by atoms with van der Waals surface area (Å²) in [5.74, 6) is 0.935. The molecule has 1 N–H and O–H groups in total. The van der Waals surface area contributed by atoms with Crippen LogP contribution in [0.2, 0.25) is 0 Å². The number of aryl methyl sites for hydroxylation is 1. The lowest BCUT2D eigenvalue weighted by Gasteiger charge is -2.11. The van der Waals surface area contributed by atoms with Gasteiger partial charge in [-0.3, -0.25) is 4.79 Å². The Labute approximate surface area is 182 Å². The fourth-order valence-corrected chi connectivity index (χ4v) is 3.76. The Morgan fingerprint density at radius 2 is 1.77 bits per heavy atom. The molecule has 0 aliphatic heterocycles. The van der Waals surface area contributed by atoms with Crippen molar-refractivity contribution in [1.29, 1.82) is 0 Å². The number of hydrogen-bond acceptors (Lipinski definition) is 5. The quantitative estimate of drug-likeness (QED) is 0.547. The summed E-state index contributed by atoms with van der Waals surface area (Å²) in [6, 6.07) is 16.1. The monoisotopic (exact) mass is 420 g/mol. The third kappa shape index (κ3) is 5.11. The molecule has 1 fully saturated rings. The SMILES string of the molecule is COCCOc1nc(-c2ccc(C)cc2)n(-c2ccc(NC(=O)C3CCCC3)cc2)n1. The Kier molecular flexibility index (Phi) is 6.62. The zero-order valence-corrected chi connectivity index (χ0v) is 18.0. The van der Waals surface area contributed by atoms with E-state index in [1.54, 1.807) is 11.8 Å². The summed E-state index contributed by atoms with van der Waals surface area (Å²) >= 11 is 0. The number of benzene rings is 2. The van der Waals surface area contributed by atoms with Gasteiger partial charge in [-0.1, -0.05) is 42.7 Å². The predicted octanol–water partition coefficient (Wildman–Crippen LogP) is 4.40. The zero-order valence-electron chi connectivity index (χ0n) is 18.0. The van der Waals surface area contributed by atoms with Crippen LogP contribution in [0, 0.1) is 12.8 Å². The van der Waals surface area contributed by atoms with Crippen molar-refractivity contribution in [2.45, 2.75) is 32.6 Å². The maximum atomic E-state index is 12.4. The molecule has 2 aromatic carbocycles. The van der Waals surface area contributed by atoms with E-state index in [-0.39, 0.29) is 11.8 Å². The van der Waals surface area contributed by atoms with Crippen molar-refractivity contribution in [3.63, 3.8) is 0 Å². The largest absolute Gasteiger partial charge is 0.460 e. The number of aromatic nitrogens is 3. The van der Waals surface area contributed by atoms with E-state index >= 15 is 0 Å². The van der Waals surface area contributed by atoms with Crippen molar-refractivity contribution in [3.8, 4) is 23.1 Å². The van der Waals surface area contributed by atoms with Crippen LogP contribution < -0.4 is 10.1 Å². The summed E-state index contributed by atoms with van der Waals surface area (Å²) in [7, 11) is 1.63. The van der Waals surface area contributed by atoms with Crippen LogP contribution in [0.3, 0.4) is 0 Å². The standard InChI is InChI=1S/C24H28N4O3/c1-17-7-9-18(10-8-17)22-26-24(31-16-15-30-2)27-28(22)21-13-11-20(12-14-21)25-23(29)19-5-3-4-6-19/h7-14,19H,3-6,15-16H2,1-2H3,(H,25,29). The average Bonchev–Trinajstić information content (AvgIpc) is 3.46. The highest BCUT2D eigenvalue weighted by Gasteiger charge is 2.22. The summed E-state index contributed by atoms with van der Waals surface area (Å²) in [4.78, 5) is 17.0. The van der Waals surface area contributed by atoms with Crippen molar-refractivity contribution < 1.29 is 14.3 Å². The van der Waals surface area contributed by atoms with Crippen LogP contribution >= 0.6 is 0 Å². The molecule has 1 saturated carbocycles. The smallest absolute Gasteiger partial charge is 0.336 e. The van der Waals surface area contributed by atoms with Crippen LogP contribution in [-0.2, 0) is 9.53 Å². The van der Waals surface area contributed by atoms with E-state index in [0.29, 0.717) is 25.0 Å². The van der Waals surface area contributed by atoms with Crippen LogP contribution in [-0.4, -0.2) is 41.0 Å². The van der Waals surface area contributed by atoms with E-state index in [0.717, 1.165) is 42.6 Å². The van der Waals surface area contributed by atoms with Gasteiger partial charge >= 0.3 is 6.01 Å². The molecule has 0 atom stereocenters. The van der Waals surface area contributed by atoms with E-state index in [1.165, 1.54) is 5.56 Å². The lowest BCUT2D eigenvalue weighted by Crippen LogP contribution is -2.20. The number of methoxy groups -OCH3 is 1. The number of hydrogen-bond donors (Lipinski definition) is 1. The Morgan fingerprint density at radius 3 is 2.45 bits per heavy atom. The van der Waals surface area contributed by atoms with E-state index in [2.05, 4.69) is 15.4 Å². The van der Waals surface area contributed by atoms with Gasteiger partial charge in [0.2, 0.25) is 5.91 Å². The molecule has 7 nitrogen and oxygen atoms in total.